The molecule has 1 aliphatic heterocycles. The van der Waals surface area contributed by atoms with Crippen LogP contribution in [0.15, 0.2) is 51.8 Å². The molecule has 8 heteroatoms. The zero-order valence-corrected chi connectivity index (χ0v) is 15.0. The quantitative estimate of drug-likeness (QED) is 0.709. The van der Waals surface area contributed by atoms with Gasteiger partial charge in [-0.1, -0.05) is 30.3 Å². The van der Waals surface area contributed by atoms with E-state index in [9.17, 15) is 14.4 Å². The number of amides is 3. The summed E-state index contributed by atoms with van der Waals surface area (Å²) in [5, 5.41) is 4.38. The van der Waals surface area contributed by atoms with E-state index in [0.717, 1.165) is 23.1 Å². The van der Waals surface area contributed by atoms with Crippen LogP contribution in [0.3, 0.4) is 0 Å². The second kappa shape index (κ2) is 9.59. The molecule has 136 valence electrons. The van der Waals surface area contributed by atoms with Crippen LogP contribution in [0.5, 0.6) is 0 Å². The third kappa shape index (κ3) is 5.91. The average molecular weight is 373 g/mol. The second-order valence-electron chi connectivity index (χ2n) is 5.19. The van der Waals surface area contributed by atoms with Crippen LogP contribution in [-0.2, 0) is 9.59 Å². The van der Waals surface area contributed by atoms with Gasteiger partial charge in [-0.05, 0) is 23.9 Å². The van der Waals surface area contributed by atoms with Gasteiger partial charge in [0.2, 0.25) is 5.91 Å². The Kier molecular flexibility index (Phi) is 7.19. The highest BCUT2D eigenvalue weighted by atomic mass is 32.2. The molecule has 1 aliphatic rings. The topological polar surface area (TPSA) is 114 Å². The molecule has 0 aliphatic carbocycles. The highest BCUT2D eigenvalue weighted by Crippen LogP contribution is 2.28. The Labute approximate surface area is 155 Å². The van der Waals surface area contributed by atoms with E-state index in [2.05, 4.69) is 10.6 Å². The number of carbonyl (C=O) groups excluding carboxylic acids is 3. The normalized spacial score (nSPS) is 14.6. The zero-order chi connectivity index (χ0) is 18.9. The van der Waals surface area contributed by atoms with Gasteiger partial charge in [-0.3, -0.25) is 19.7 Å². The molecule has 1 saturated heterocycles. The molecule has 4 N–H and O–H groups in total. The molecular formula is C18H19N3O4S. The molecule has 2 aromatic rings. The first-order chi connectivity index (χ1) is 12.5. The van der Waals surface area contributed by atoms with Gasteiger partial charge in [0, 0.05) is 31.7 Å². The first-order valence-corrected chi connectivity index (χ1v) is 8.66. The fourth-order valence-corrected chi connectivity index (χ4v) is 2.65. The summed E-state index contributed by atoms with van der Waals surface area (Å²) in [4.78, 5) is 32.8. The van der Waals surface area contributed by atoms with Crippen molar-refractivity contribution < 1.29 is 18.8 Å². The van der Waals surface area contributed by atoms with Gasteiger partial charge in [0.25, 0.3) is 11.1 Å². The van der Waals surface area contributed by atoms with Crippen molar-refractivity contribution >= 4 is 34.9 Å². The van der Waals surface area contributed by atoms with E-state index >= 15 is 0 Å². The zero-order valence-electron chi connectivity index (χ0n) is 14.2. The molecule has 7 nitrogen and oxygen atoms in total. The van der Waals surface area contributed by atoms with E-state index in [0.29, 0.717) is 23.8 Å². The van der Waals surface area contributed by atoms with Gasteiger partial charge in [-0.2, -0.15) is 0 Å². The minimum atomic E-state index is -0.382. The van der Waals surface area contributed by atoms with Crippen molar-refractivity contribution in [1.82, 2.24) is 10.6 Å². The fraction of sp³-hybridized carbons (Fsp3) is 0.167. The Balaban J connectivity index is 0.000000298. The maximum atomic E-state index is 11.4. The Morgan fingerprint density at radius 3 is 2.50 bits per heavy atom. The van der Waals surface area contributed by atoms with Gasteiger partial charge in [0.05, 0.1) is 4.91 Å². The molecule has 2 heterocycles. The molecular weight excluding hydrogens is 354 g/mol. The van der Waals surface area contributed by atoms with Crippen LogP contribution < -0.4 is 16.4 Å². The van der Waals surface area contributed by atoms with Gasteiger partial charge in [0.1, 0.15) is 11.5 Å². The molecule has 0 bridgehead atoms. The molecule has 1 aromatic heterocycles. The van der Waals surface area contributed by atoms with E-state index in [1.165, 1.54) is 6.92 Å². The van der Waals surface area contributed by atoms with Crippen LogP contribution in [0.4, 0.5) is 4.79 Å². The fourth-order valence-electron chi connectivity index (χ4n) is 1.99. The van der Waals surface area contributed by atoms with E-state index < -0.39 is 0 Å². The number of hydrogen-bond donors (Lipinski definition) is 3. The number of carbonyl (C=O) groups is 3. The lowest BCUT2D eigenvalue weighted by molar-refractivity contribution is -0.119. The van der Waals surface area contributed by atoms with Gasteiger partial charge < -0.3 is 15.5 Å². The Morgan fingerprint density at radius 2 is 1.96 bits per heavy atom. The summed E-state index contributed by atoms with van der Waals surface area (Å²) in [7, 11) is 0. The molecule has 0 radical (unpaired) electrons. The van der Waals surface area contributed by atoms with E-state index in [-0.39, 0.29) is 17.1 Å². The Hall–Kier alpha value is -2.84. The smallest absolute Gasteiger partial charge is 0.290 e. The summed E-state index contributed by atoms with van der Waals surface area (Å²) in [5.41, 5.74) is 6.03. The summed E-state index contributed by atoms with van der Waals surface area (Å²) in [5.74, 6) is 0.867. The molecule has 1 fully saturated rings. The van der Waals surface area contributed by atoms with E-state index in [4.69, 9.17) is 10.2 Å². The van der Waals surface area contributed by atoms with Crippen molar-refractivity contribution in [2.75, 3.05) is 13.1 Å². The second-order valence-corrected chi connectivity index (χ2v) is 6.21. The number of nitrogens with one attached hydrogen (secondary N) is 2. The summed E-state index contributed by atoms with van der Waals surface area (Å²) in [6.07, 6.45) is 1.57. The first kappa shape index (κ1) is 19.5. The Bertz CT molecular complexity index is 815. The lowest BCUT2D eigenvalue weighted by Crippen LogP contribution is -2.26. The maximum absolute atomic E-state index is 11.4. The SMILES string of the molecule is CC(=O)NCCN.O=C1NC(=O)/C(=C/c2ccc(-c3ccccc3)o2)S1. The predicted molar refractivity (Wildman–Crippen MR) is 101 cm³/mol. The van der Waals surface area contributed by atoms with Crippen molar-refractivity contribution in [2.24, 2.45) is 5.73 Å². The molecule has 0 atom stereocenters. The number of hydrogen-bond acceptors (Lipinski definition) is 6. The molecule has 26 heavy (non-hydrogen) atoms. The maximum Gasteiger partial charge on any atom is 0.290 e. The highest BCUT2D eigenvalue weighted by molar-refractivity contribution is 8.18. The molecule has 0 saturated carbocycles. The van der Waals surface area contributed by atoms with Crippen LogP contribution in [0.25, 0.3) is 17.4 Å². The standard InChI is InChI=1S/C14H9NO3S.C4H10N2O/c16-13-12(19-14(17)15-13)8-10-6-7-11(18-10)9-4-2-1-3-5-9;1-4(7)6-3-2-5/h1-8H,(H,15,16,17);2-3,5H2,1H3,(H,6,7)/b12-8-;. The summed E-state index contributed by atoms with van der Waals surface area (Å²) in [6.45, 7) is 2.56. The van der Waals surface area contributed by atoms with Crippen molar-refractivity contribution in [3.05, 3.63) is 53.1 Å². The summed E-state index contributed by atoms with van der Waals surface area (Å²) in [6, 6.07) is 13.3. The van der Waals surface area contributed by atoms with Crippen molar-refractivity contribution in [1.29, 1.82) is 0 Å². The third-order valence-corrected chi connectivity index (χ3v) is 3.93. The third-order valence-electron chi connectivity index (χ3n) is 3.12. The van der Waals surface area contributed by atoms with E-state index in [1.807, 2.05) is 36.4 Å². The molecule has 0 unspecified atom stereocenters. The summed E-state index contributed by atoms with van der Waals surface area (Å²) < 4.78 is 5.63. The van der Waals surface area contributed by atoms with Crippen LogP contribution in [0.1, 0.15) is 12.7 Å². The van der Waals surface area contributed by atoms with Gasteiger partial charge in [-0.15, -0.1) is 0 Å². The predicted octanol–water partition coefficient (Wildman–Crippen LogP) is 2.35. The minimum absolute atomic E-state index is 0.0227. The minimum Gasteiger partial charge on any atom is -0.457 e. The van der Waals surface area contributed by atoms with Crippen molar-refractivity contribution in [3.63, 3.8) is 0 Å². The van der Waals surface area contributed by atoms with Gasteiger partial charge in [-0.25, -0.2) is 0 Å². The Morgan fingerprint density at radius 1 is 1.23 bits per heavy atom. The monoisotopic (exact) mass is 373 g/mol. The number of furan rings is 1. The van der Waals surface area contributed by atoms with Crippen molar-refractivity contribution in [3.8, 4) is 11.3 Å². The van der Waals surface area contributed by atoms with Crippen LogP contribution >= 0.6 is 11.8 Å². The highest BCUT2D eigenvalue weighted by Gasteiger charge is 2.25. The first-order valence-electron chi connectivity index (χ1n) is 7.84. The average Bonchev–Trinajstić information content (AvgIpc) is 3.21. The van der Waals surface area contributed by atoms with Crippen molar-refractivity contribution in [2.45, 2.75) is 6.92 Å². The van der Waals surface area contributed by atoms with Crippen LogP contribution in [0.2, 0.25) is 0 Å². The lowest BCUT2D eigenvalue weighted by Gasteiger charge is -1.95. The molecule has 1 aromatic carbocycles. The number of imide groups is 1. The number of thioether (sulfide) groups is 1. The molecule has 3 amide bonds. The number of rotatable bonds is 4. The summed E-state index contributed by atoms with van der Waals surface area (Å²) >= 11 is 0.875. The van der Waals surface area contributed by atoms with Crippen LogP contribution in [-0.4, -0.2) is 30.1 Å². The van der Waals surface area contributed by atoms with Crippen LogP contribution in [0, 0.1) is 0 Å². The number of nitrogens with two attached hydrogens (primary N) is 1. The van der Waals surface area contributed by atoms with E-state index in [1.54, 1.807) is 12.1 Å². The van der Waals surface area contributed by atoms with Gasteiger partial charge >= 0.3 is 0 Å². The molecule has 0 spiro atoms. The molecule has 3 rings (SSSR count). The number of benzene rings is 1. The van der Waals surface area contributed by atoms with Gasteiger partial charge in [0.15, 0.2) is 0 Å². The largest absolute Gasteiger partial charge is 0.457 e. The lowest BCUT2D eigenvalue weighted by atomic mass is 10.2.